The molecular weight excluding hydrogens is 312 g/mol. The van der Waals surface area contributed by atoms with Crippen molar-refractivity contribution < 1.29 is 0 Å². The van der Waals surface area contributed by atoms with Crippen LogP contribution in [0.2, 0.25) is 0 Å². The van der Waals surface area contributed by atoms with E-state index in [-0.39, 0.29) is 0 Å². The zero-order chi connectivity index (χ0) is 13.1. The molecule has 2 rings (SSSR count). The highest BCUT2D eigenvalue weighted by Gasteiger charge is 2.13. The van der Waals surface area contributed by atoms with Gasteiger partial charge in [0, 0.05) is 19.0 Å². The van der Waals surface area contributed by atoms with Crippen LogP contribution >= 0.6 is 27.7 Å². The van der Waals surface area contributed by atoms with Crippen molar-refractivity contribution >= 4 is 33.4 Å². The number of pyridine rings is 1. The first-order chi connectivity index (χ1) is 8.63. The number of rotatable bonds is 4. The molecule has 0 spiro atoms. The van der Waals surface area contributed by atoms with E-state index in [9.17, 15) is 0 Å². The highest BCUT2D eigenvalue weighted by Crippen LogP contribution is 2.30. The molecule has 0 amide bonds. The minimum absolute atomic E-state index is 0.719. The lowest BCUT2D eigenvalue weighted by atomic mass is 10.3. The lowest BCUT2D eigenvalue weighted by molar-refractivity contribution is 0.719. The van der Waals surface area contributed by atoms with E-state index in [1.807, 2.05) is 23.9 Å². The second-order valence-electron chi connectivity index (χ2n) is 3.87. The molecule has 0 saturated carbocycles. The lowest BCUT2D eigenvalue weighted by Crippen LogP contribution is -1.98. The summed E-state index contributed by atoms with van der Waals surface area (Å²) in [5.74, 6) is 0.797. The number of hydrogen-bond donors (Lipinski definition) is 1. The van der Waals surface area contributed by atoms with Gasteiger partial charge in [-0.2, -0.15) is 5.10 Å². The fourth-order valence-electron chi connectivity index (χ4n) is 1.64. The van der Waals surface area contributed by atoms with Gasteiger partial charge in [0.05, 0.1) is 21.5 Å². The number of nitrogens with two attached hydrogens (primary N) is 1. The van der Waals surface area contributed by atoms with Gasteiger partial charge in [-0.05, 0) is 34.5 Å². The van der Waals surface area contributed by atoms with Crippen molar-refractivity contribution in [1.29, 1.82) is 0 Å². The molecule has 0 fully saturated rings. The van der Waals surface area contributed by atoms with E-state index in [2.05, 4.69) is 32.9 Å². The number of anilines is 1. The molecular formula is C12H15BrN4S. The van der Waals surface area contributed by atoms with E-state index in [0.29, 0.717) is 0 Å². The van der Waals surface area contributed by atoms with Crippen molar-refractivity contribution in [3.63, 3.8) is 0 Å². The Morgan fingerprint density at radius 2 is 2.28 bits per heavy atom. The Labute approximate surface area is 119 Å². The molecule has 0 atom stereocenters. The Bertz CT molecular complexity index is 553. The summed E-state index contributed by atoms with van der Waals surface area (Å²) in [7, 11) is 1.96. The molecule has 0 radical (unpaired) electrons. The smallest absolute Gasteiger partial charge is 0.119 e. The van der Waals surface area contributed by atoms with Gasteiger partial charge < -0.3 is 5.73 Å². The van der Waals surface area contributed by atoms with Crippen molar-refractivity contribution in [2.75, 3.05) is 5.73 Å². The molecule has 0 aliphatic carbocycles. The number of aryl methyl sites for hydroxylation is 2. The minimum Gasteiger partial charge on any atom is -0.397 e. The molecule has 18 heavy (non-hydrogen) atoms. The fourth-order valence-corrected chi connectivity index (χ4v) is 3.55. The topological polar surface area (TPSA) is 56.7 Å². The van der Waals surface area contributed by atoms with E-state index in [0.717, 1.165) is 38.7 Å². The third kappa shape index (κ3) is 2.70. The SMILES string of the molecule is CCc1nn(C)c(CSc2ncccc2N)c1Br. The standard InChI is InChI=1S/C12H15BrN4S/c1-3-9-11(13)10(17(2)16-9)7-18-12-8(14)5-4-6-15-12/h4-6H,3,7,14H2,1-2H3. The molecule has 4 nitrogen and oxygen atoms in total. The molecule has 96 valence electrons. The summed E-state index contributed by atoms with van der Waals surface area (Å²) in [6.07, 6.45) is 2.68. The largest absolute Gasteiger partial charge is 0.397 e. The highest BCUT2D eigenvalue weighted by molar-refractivity contribution is 9.10. The van der Waals surface area contributed by atoms with Crippen molar-refractivity contribution in [1.82, 2.24) is 14.8 Å². The van der Waals surface area contributed by atoms with Gasteiger partial charge in [-0.3, -0.25) is 4.68 Å². The summed E-state index contributed by atoms with van der Waals surface area (Å²) in [6.45, 7) is 2.10. The highest BCUT2D eigenvalue weighted by atomic mass is 79.9. The van der Waals surface area contributed by atoms with Crippen molar-refractivity contribution in [2.45, 2.75) is 24.1 Å². The van der Waals surface area contributed by atoms with Crippen LogP contribution in [0.3, 0.4) is 0 Å². The van der Waals surface area contributed by atoms with Gasteiger partial charge in [0.1, 0.15) is 5.03 Å². The number of thioether (sulfide) groups is 1. The van der Waals surface area contributed by atoms with Crippen LogP contribution in [0.4, 0.5) is 5.69 Å². The first-order valence-electron chi connectivity index (χ1n) is 5.67. The normalized spacial score (nSPS) is 10.8. The Morgan fingerprint density at radius 3 is 2.89 bits per heavy atom. The van der Waals surface area contributed by atoms with E-state index in [1.165, 1.54) is 0 Å². The molecule has 6 heteroatoms. The van der Waals surface area contributed by atoms with Gasteiger partial charge in [-0.25, -0.2) is 4.98 Å². The maximum Gasteiger partial charge on any atom is 0.119 e. The summed E-state index contributed by atoms with van der Waals surface area (Å²) in [5, 5.41) is 5.33. The van der Waals surface area contributed by atoms with Crippen LogP contribution in [0.15, 0.2) is 27.8 Å². The first-order valence-corrected chi connectivity index (χ1v) is 7.44. The Hall–Kier alpha value is -1.01. The Kier molecular flexibility index (Phi) is 4.29. The number of nitrogen functional groups attached to an aromatic ring is 1. The molecule has 2 aromatic rings. The lowest BCUT2D eigenvalue weighted by Gasteiger charge is -2.04. The van der Waals surface area contributed by atoms with Crippen LogP contribution in [-0.4, -0.2) is 14.8 Å². The van der Waals surface area contributed by atoms with Crippen molar-refractivity contribution in [3.05, 3.63) is 34.2 Å². The van der Waals surface area contributed by atoms with E-state index in [1.54, 1.807) is 18.0 Å². The van der Waals surface area contributed by atoms with E-state index >= 15 is 0 Å². The molecule has 0 unspecified atom stereocenters. The molecule has 0 aliphatic rings. The third-order valence-electron chi connectivity index (χ3n) is 2.65. The average molecular weight is 327 g/mol. The van der Waals surface area contributed by atoms with Gasteiger partial charge in [0.15, 0.2) is 0 Å². The number of nitrogens with zero attached hydrogens (tertiary/aromatic N) is 3. The van der Waals surface area contributed by atoms with Crippen LogP contribution < -0.4 is 5.73 Å². The van der Waals surface area contributed by atoms with E-state index in [4.69, 9.17) is 5.73 Å². The van der Waals surface area contributed by atoms with Gasteiger partial charge in [0.25, 0.3) is 0 Å². The van der Waals surface area contributed by atoms with Gasteiger partial charge in [-0.15, -0.1) is 0 Å². The van der Waals surface area contributed by atoms with Crippen LogP contribution in [0, 0.1) is 0 Å². The predicted molar refractivity (Wildman–Crippen MR) is 78.5 cm³/mol. The minimum atomic E-state index is 0.719. The van der Waals surface area contributed by atoms with Crippen molar-refractivity contribution in [2.24, 2.45) is 7.05 Å². The van der Waals surface area contributed by atoms with Gasteiger partial charge in [-0.1, -0.05) is 18.7 Å². The predicted octanol–water partition coefficient (Wildman–Crippen LogP) is 3.01. The van der Waals surface area contributed by atoms with Crippen LogP contribution in [-0.2, 0) is 19.2 Å². The molecule has 0 saturated heterocycles. The van der Waals surface area contributed by atoms with Crippen LogP contribution in [0.1, 0.15) is 18.3 Å². The summed E-state index contributed by atoms with van der Waals surface area (Å²) in [4.78, 5) is 4.27. The van der Waals surface area contributed by atoms with Crippen LogP contribution in [0.25, 0.3) is 0 Å². The molecule has 0 aromatic carbocycles. The number of hydrogen-bond acceptors (Lipinski definition) is 4. The monoisotopic (exact) mass is 326 g/mol. The molecule has 0 aliphatic heterocycles. The van der Waals surface area contributed by atoms with Crippen LogP contribution in [0.5, 0.6) is 0 Å². The zero-order valence-electron chi connectivity index (χ0n) is 10.4. The summed E-state index contributed by atoms with van der Waals surface area (Å²) in [6, 6.07) is 3.71. The summed E-state index contributed by atoms with van der Waals surface area (Å²) < 4.78 is 3.00. The maximum absolute atomic E-state index is 5.87. The summed E-state index contributed by atoms with van der Waals surface area (Å²) >= 11 is 5.23. The third-order valence-corrected chi connectivity index (χ3v) is 4.60. The maximum atomic E-state index is 5.87. The van der Waals surface area contributed by atoms with Gasteiger partial charge >= 0.3 is 0 Å². The average Bonchev–Trinajstić information content (AvgIpc) is 2.64. The second kappa shape index (κ2) is 5.75. The quantitative estimate of drug-likeness (QED) is 0.877. The number of aromatic nitrogens is 3. The summed E-state index contributed by atoms with van der Waals surface area (Å²) in [5.41, 5.74) is 8.83. The molecule has 2 heterocycles. The Morgan fingerprint density at radius 1 is 1.50 bits per heavy atom. The van der Waals surface area contributed by atoms with Gasteiger partial charge in [0.2, 0.25) is 0 Å². The first kappa shape index (κ1) is 13.4. The Balaban J connectivity index is 2.16. The molecule has 0 bridgehead atoms. The number of halogens is 1. The van der Waals surface area contributed by atoms with E-state index < -0.39 is 0 Å². The zero-order valence-corrected chi connectivity index (χ0v) is 12.8. The molecule has 2 aromatic heterocycles. The second-order valence-corrected chi connectivity index (χ2v) is 5.63. The molecule has 2 N–H and O–H groups in total. The van der Waals surface area contributed by atoms with Crippen molar-refractivity contribution in [3.8, 4) is 0 Å². The fraction of sp³-hybridized carbons (Fsp3) is 0.333.